The first kappa shape index (κ1) is 18.5. The lowest BCUT2D eigenvalue weighted by Crippen LogP contribution is -2.28. The van der Waals surface area contributed by atoms with E-state index in [0.717, 1.165) is 10.2 Å². The van der Waals surface area contributed by atoms with E-state index in [1.807, 2.05) is 19.2 Å². The fourth-order valence-electron chi connectivity index (χ4n) is 2.35. The minimum absolute atomic E-state index is 0.161. The van der Waals surface area contributed by atoms with Crippen LogP contribution in [0.2, 0.25) is 5.02 Å². The number of amides is 1. The molecule has 0 atom stereocenters. The summed E-state index contributed by atoms with van der Waals surface area (Å²) in [5.74, 6) is 0.380. The topological polar surface area (TPSA) is 65.2 Å². The fraction of sp³-hybridized carbons (Fsp3) is 0.235. The van der Waals surface area contributed by atoms with Crippen LogP contribution in [0.25, 0.3) is 0 Å². The number of carbonyl (C=O) groups excluding carboxylic acids is 1. The van der Waals surface area contributed by atoms with Gasteiger partial charge in [-0.05, 0) is 34.1 Å². The molecule has 0 saturated carbocycles. The maximum Gasteiger partial charge on any atom is 0.274 e. The Morgan fingerprint density at radius 1 is 1.35 bits per heavy atom. The number of nitrogens with zero attached hydrogens (tertiary/aromatic N) is 5. The largest absolute Gasteiger partial charge is 0.470 e. The minimum atomic E-state index is -0.186. The molecule has 0 radical (unpaired) electrons. The van der Waals surface area contributed by atoms with Gasteiger partial charge < -0.3 is 9.64 Å². The van der Waals surface area contributed by atoms with Gasteiger partial charge in [0.15, 0.2) is 12.4 Å². The number of hydrogen-bond acceptors (Lipinski definition) is 4. The first-order chi connectivity index (χ1) is 12.5. The fourth-order valence-corrected chi connectivity index (χ4v) is 3.01. The van der Waals surface area contributed by atoms with Crippen LogP contribution in [0.4, 0.5) is 0 Å². The normalized spacial score (nSPS) is 10.8. The zero-order valence-electron chi connectivity index (χ0n) is 14.3. The van der Waals surface area contributed by atoms with Gasteiger partial charge in [0.25, 0.3) is 5.91 Å². The average Bonchev–Trinajstić information content (AvgIpc) is 3.22. The van der Waals surface area contributed by atoms with Gasteiger partial charge >= 0.3 is 0 Å². The van der Waals surface area contributed by atoms with Crippen LogP contribution < -0.4 is 4.74 Å². The first-order valence-electron chi connectivity index (χ1n) is 7.78. The highest BCUT2D eigenvalue weighted by molar-refractivity contribution is 9.10. The Hall–Kier alpha value is -2.32. The second-order valence-corrected chi connectivity index (χ2v) is 6.93. The quantitative estimate of drug-likeness (QED) is 0.592. The van der Waals surface area contributed by atoms with E-state index in [2.05, 4.69) is 26.1 Å². The predicted molar refractivity (Wildman–Crippen MR) is 101 cm³/mol. The highest BCUT2D eigenvalue weighted by Gasteiger charge is 2.18. The van der Waals surface area contributed by atoms with Crippen LogP contribution in [0.1, 0.15) is 16.2 Å². The van der Waals surface area contributed by atoms with Crippen molar-refractivity contribution >= 4 is 33.4 Å². The van der Waals surface area contributed by atoms with Crippen molar-refractivity contribution in [2.75, 3.05) is 7.05 Å². The molecule has 0 aliphatic heterocycles. The van der Waals surface area contributed by atoms with Gasteiger partial charge in [0.05, 0.1) is 27.9 Å². The molecule has 1 aromatic carbocycles. The monoisotopic (exact) mass is 437 g/mol. The van der Waals surface area contributed by atoms with Crippen molar-refractivity contribution in [1.82, 2.24) is 24.5 Å². The molecule has 2 heterocycles. The maximum atomic E-state index is 12.6. The highest BCUT2D eigenvalue weighted by Crippen LogP contribution is 2.23. The van der Waals surface area contributed by atoms with E-state index in [1.165, 1.54) is 0 Å². The molecule has 3 aromatic rings. The molecule has 0 saturated heterocycles. The molecule has 0 fully saturated rings. The van der Waals surface area contributed by atoms with Crippen molar-refractivity contribution in [3.05, 3.63) is 63.6 Å². The van der Waals surface area contributed by atoms with Crippen molar-refractivity contribution in [3.63, 3.8) is 0 Å². The maximum absolute atomic E-state index is 12.6. The van der Waals surface area contributed by atoms with E-state index < -0.39 is 0 Å². The van der Waals surface area contributed by atoms with Gasteiger partial charge in [-0.25, -0.2) is 4.68 Å². The first-order valence-corrected chi connectivity index (χ1v) is 8.95. The average molecular weight is 439 g/mol. The van der Waals surface area contributed by atoms with E-state index in [0.29, 0.717) is 23.0 Å². The summed E-state index contributed by atoms with van der Waals surface area (Å²) in [6.45, 7) is 0.576. The third-order valence-corrected chi connectivity index (χ3v) is 4.77. The highest BCUT2D eigenvalue weighted by atomic mass is 79.9. The van der Waals surface area contributed by atoms with Crippen LogP contribution in [0.5, 0.6) is 5.75 Å². The van der Waals surface area contributed by atoms with Crippen molar-refractivity contribution in [1.29, 1.82) is 0 Å². The molecule has 0 aliphatic rings. The van der Waals surface area contributed by atoms with Crippen LogP contribution in [-0.2, 0) is 20.3 Å². The Morgan fingerprint density at radius 3 is 2.81 bits per heavy atom. The van der Waals surface area contributed by atoms with Crippen LogP contribution in [-0.4, -0.2) is 37.4 Å². The number of ether oxygens (including phenoxy) is 1. The Bertz CT molecular complexity index is 904. The Morgan fingerprint density at radius 2 is 2.12 bits per heavy atom. The molecule has 0 N–H and O–H groups in total. The van der Waals surface area contributed by atoms with Gasteiger partial charge in [-0.15, -0.1) is 0 Å². The molecule has 26 heavy (non-hydrogen) atoms. The predicted octanol–water partition coefficient (Wildman–Crippen LogP) is 3.34. The van der Waals surface area contributed by atoms with Crippen LogP contribution >= 0.6 is 27.5 Å². The summed E-state index contributed by atoms with van der Waals surface area (Å²) in [4.78, 5) is 14.2. The van der Waals surface area contributed by atoms with Gasteiger partial charge in [-0.1, -0.05) is 23.7 Å². The molecule has 0 aliphatic carbocycles. The van der Waals surface area contributed by atoms with Gasteiger partial charge in [0, 0.05) is 20.3 Å². The third-order valence-electron chi connectivity index (χ3n) is 3.79. The van der Waals surface area contributed by atoms with Crippen LogP contribution in [0, 0.1) is 0 Å². The number of aryl methyl sites for hydroxylation is 1. The smallest absolute Gasteiger partial charge is 0.274 e. The standard InChI is InChI=1S/C17H17BrClN5O2/c1-22(10-15-12(18)9-20-23(15)2)17(25)14-7-8-24(21-14)11-26-16-6-4-3-5-13(16)19/h3-9H,10-11H2,1-2H3. The van der Waals surface area contributed by atoms with Crippen LogP contribution in [0.3, 0.4) is 0 Å². The van der Waals surface area contributed by atoms with Gasteiger partial charge in [0.1, 0.15) is 5.75 Å². The molecular weight excluding hydrogens is 422 g/mol. The molecule has 7 nitrogen and oxygen atoms in total. The third kappa shape index (κ3) is 4.08. The second kappa shape index (κ2) is 7.92. The molecule has 0 spiro atoms. The van der Waals surface area contributed by atoms with Crippen molar-refractivity contribution < 1.29 is 9.53 Å². The number of para-hydroxylation sites is 1. The molecule has 1 amide bonds. The summed E-state index contributed by atoms with van der Waals surface area (Å²) < 4.78 is 9.75. The lowest BCUT2D eigenvalue weighted by Gasteiger charge is -2.16. The number of hydrogen-bond donors (Lipinski definition) is 0. The minimum Gasteiger partial charge on any atom is -0.470 e. The zero-order chi connectivity index (χ0) is 18.7. The summed E-state index contributed by atoms with van der Waals surface area (Å²) in [6, 6.07) is 8.85. The van der Waals surface area contributed by atoms with E-state index in [9.17, 15) is 4.79 Å². The molecular formula is C17H17BrClN5O2. The summed E-state index contributed by atoms with van der Waals surface area (Å²) in [6.07, 6.45) is 3.40. The van der Waals surface area contributed by atoms with Gasteiger partial charge in [-0.3, -0.25) is 9.48 Å². The van der Waals surface area contributed by atoms with E-state index in [-0.39, 0.29) is 12.6 Å². The number of benzene rings is 1. The molecule has 136 valence electrons. The molecule has 3 rings (SSSR count). The van der Waals surface area contributed by atoms with E-state index in [4.69, 9.17) is 16.3 Å². The SMILES string of the molecule is CN(Cc1c(Br)cnn1C)C(=O)c1ccn(COc2ccccc2Cl)n1. The van der Waals surface area contributed by atoms with Crippen molar-refractivity contribution in [3.8, 4) is 5.75 Å². The zero-order valence-corrected chi connectivity index (χ0v) is 16.6. The number of aromatic nitrogens is 4. The molecule has 2 aromatic heterocycles. The summed E-state index contributed by atoms with van der Waals surface area (Å²) in [5.41, 5.74) is 1.25. The molecule has 0 unspecified atom stereocenters. The Balaban J connectivity index is 1.63. The van der Waals surface area contributed by atoms with E-state index in [1.54, 1.807) is 51.9 Å². The Labute approximate surface area is 164 Å². The van der Waals surface area contributed by atoms with Gasteiger partial charge in [0.2, 0.25) is 0 Å². The second-order valence-electron chi connectivity index (χ2n) is 5.67. The molecule has 9 heteroatoms. The lowest BCUT2D eigenvalue weighted by atomic mass is 10.3. The van der Waals surface area contributed by atoms with Crippen LogP contribution in [0.15, 0.2) is 47.2 Å². The van der Waals surface area contributed by atoms with Crippen molar-refractivity contribution in [2.24, 2.45) is 7.05 Å². The summed E-state index contributed by atoms with van der Waals surface area (Å²) in [5, 5.41) is 8.95. The lowest BCUT2D eigenvalue weighted by molar-refractivity contribution is 0.0773. The number of carbonyl (C=O) groups is 1. The Kier molecular flexibility index (Phi) is 5.63. The van der Waals surface area contributed by atoms with E-state index >= 15 is 0 Å². The van der Waals surface area contributed by atoms with Crippen molar-refractivity contribution in [2.45, 2.75) is 13.3 Å². The summed E-state index contributed by atoms with van der Waals surface area (Å²) in [7, 11) is 3.56. The number of rotatable bonds is 6. The van der Waals surface area contributed by atoms with Gasteiger partial charge in [-0.2, -0.15) is 10.2 Å². The summed E-state index contributed by atoms with van der Waals surface area (Å²) >= 11 is 9.49. The molecule has 0 bridgehead atoms. The number of halogens is 2.